The number of nitrogens with zero attached hydrogens (tertiary/aromatic N) is 2. The van der Waals surface area contributed by atoms with Crippen LogP contribution in [0.3, 0.4) is 0 Å². The Hall–Kier alpha value is -3.18. The van der Waals surface area contributed by atoms with Crippen molar-refractivity contribution >= 4 is 61.3 Å². The van der Waals surface area contributed by atoms with Crippen LogP contribution in [0.4, 0.5) is 0 Å². The minimum atomic E-state index is -2.07. The zero-order valence-electron chi connectivity index (χ0n) is 19.7. The molecule has 0 saturated carbocycles. The summed E-state index contributed by atoms with van der Waals surface area (Å²) in [6.45, 7) is 4.54. The van der Waals surface area contributed by atoms with Crippen molar-refractivity contribution in [2.45, 2.75) is 31.1 Å². The molecule has 33 heavy (non-hydrogen) atoms. The first-order valence-electron chi connectivity index (χ1n) is 11.4. The summed E-state index contributed by atoms with van der Waals surface area (Å²) in [5, 5.41) is 5.82. The number of aryl methyl sites for hydroxylation is 2. The van der Waals surface area contributed by atoms with E-state index in [4.69, 9.17) is 14.4 Å². The molecule has 0 spiro atoms. The van der Waals surface area contributed by atoms with Gasteiger partial charge in [0.1, 0.15) is 0 Å². The molecular formula is C29H26GeN2O. The van der Waals surface area contributed by atoms with E-state index in [-0.39, 0.29) is 0 Å². The summed E-state index contributed by atoms with van der Waals surface area (Å²) >= 11 is -2.07. The van der Waals surface area contributed by atoms with Gasteiger partial charge in [0.15, 0.2) is 0 Å². The zero-order chi connectivity index (χ0) is 22.9. The Morgan fingerprint density at radius 1 is 0.788 bits per heavy atom. The topological polar surface area (TPSA) is 38.9 Å². The van der Waals surface area contributed by atoms with Gasteiger partial charge >= 0.3 is 196 Å². The third-order valence-corrected chi connectivity index (χ3v) is 11.5. The number of aromatic nitrogens is 2. The first-order chi connectivity index (χ1) is 15.8. The number of hydrogen-bond donors (Lipinski definition) is 0. The van der Waals surface area contributed by atoms with Gasteiger partial charge in [-0.05, 0) is 0 Å². The molecule has 0 aliphatic carbocycles. The van der Waals surface area contributed by atoms with Gasteiger partial charge in [0.25, 0.3) is 0 Å². The van der Waals surface area contributed by atoms with Crippen LogP contribution in [-0.4, -0.2) is 23.2 Å². The molecule has 0 radical (unpaired) electrons. The predicted octanol–water partition coefficient (Wildman–Crippen LogP) is 7.51. The monoisotopic (exact) mass is 492 g/mol. The van der Waals surface area contributed by atoms with Crippen molar-refractivity contribution in [2.24, 2.45) is 0 Å². The van der Waals surface area contributed by atoms with Gasteiger partial charge in [-0.15, -0.1) is 0 Å². The molecule has 0 amide bonds. The quantitative estimate of drug-likeness (QED) is 0.186. The maximum atomic E-state index is 6.32. The first-order valence-corrected chi connectivity index (χ1v) is 18.8. The summed E-state index contributed by atoms with van der Waals surface area (Å²) in [5.41, 5.74) is 7.53. The van der Waals surface area contributed by atoms with Crippen LogP contribution in [0.1, 0.15) is 11.1 Å². The number of hydrogen-bond acceptors (Lipinski definition) is 3. The van der Waals surface area contributed by atoms with Gasteiger partial charge in [0.2, 0.25) is 0 Å². The fourth-order valence-electron chi connectivity index (χ4n) is 5.69. The van der Waals surface area contributed by atoms with Crippen LogP contribution in [0, 0.1) is 13.8 Å². The molecule has 0 aliphatic rings. The van der Waals surface area contributed by atoms with Gasteiger partial charge < -0.3 is 0 Å². The van der Waals surface area contributed by atoms with Gasteiger partial charge in [-0.1, -0.05) is 0 Å². The molecule has 0 aliphatic heterocycles. The fourth-order valence-corrected chi connectivity index (χ4v) is 10.9. The van der Waals surface area contributed by atoms with Crippen LogP contribution in [-0.2, 0) is 0 Å². The van der Waals surface area contributed by atoms with E-state index < -0.39 is 13.3 Å². The molecule has 0 atom stereocenters. The third-order valence-electron chi connectivity index (χ3n) is 6.76. The van der Waals surface area contributed by atoms with E-state index in [1.165, 1.54) is 21.9 Å². The average Bonchev–Trinajstić information content (AvgIpc) is 3.16. The second kappa shape index (κ2) is 7.16. The molecule has 6 aromatic rings. The Morgan fingerprint density at radius 3 is 2.39 bits per heavy atom. The van der Waals surface area contributed by atoms with Crippen molar-refractivity contribution < 1.29 is 4.42 Å². The molecule has 4 aromatic carbocycles. The van der Waals surface area contributed by atoms with Crippen LogP contribution in [0.25, 0.3) is 54.9 Å². The predicted molar refractivity (Wildman–Crippen MR) is 142 cm³/mol. The number of benzene rings is 4. The second-order valence-electron chi connectivity index (χ2n) is 10.0. The molecule has 0 bridgehead atoms. The van der Waals surface area contributed by atoms with Gasteiger partial charge in [0, 0.05) is 0 Å². The van der Waals surface area contributed by atoms with Crippen LogP contribution < -0.4 is 4.40 Å². The minimum absolute atomic E-state index is 0.879. The number of fused-ring (bicyclic) bond motifs is 6. The van der Waals surface area contributed by atoms with E-state index in [1.807, 2.05) is 12.1 Å². The summed E-state index contributed by atoms with van der Waals surface area (Å²) in [4.78, 5) is 9.57. The van der Waals surface area contributed by atoms with Crippen LogP contribution in [0.5, 0.6) is 0 Å². The first kappa shape index (κ1) is 20.4. The number of furan rings is 1. The Balaban J connectivity index is 1.72. The summed E-state index contributed by atoms with van der Waals surface area (Å²) in [6, 6.07) is 21.3. The number of para-hydroxylation sites is 2. The second-order valence-corrected chi connectivity index (χ2v) is 20.5. The summed E-state index contributed by atoms with van der Waals surface area (Å²) in [5.74, 6) is 7.40. The van der Waals surface area contributed by atoms with Crippen molar-refractivity contribution in [3.63, 3.8) is 0 Å². The van der Waals surface area contributed by atoms with E-state index in [2.05, 4.69) is 79.6 Å². The van der Waals surface area contributed by atoms with Crippen LogP contribution >= 0.6 is 0 Å². The molecule has 2 heterocycles. The third kappa shape index (κ3) is 3.02. The molecule has 6 rings (SSSR count). The molecule has 2 aromatic heterocycles. The summed E-state index contributed by atoms with van der Waals surface area (Å²) in [7, 11) is 0. The molecule has 0 saturated heterocycles. The Bertz CT molecular complexity index is 1720. The Kier molecular flexibility index (Phi) is 4.43. The van der Waals surface area contributed by atoms with E-state index in [9.17, 15) is 0 Å². The average molecular weight is 491 g/mol. The van der Waals surface area contributed by atoms with Gasteiger partial charge in [-0.3, -0.25) is 0 Å². The van der Waals surface area contributed by atoms with Crippen molar-refractivity contribution in [2.75, 3.05) is 0 Å². The summed E-state index contributed by atoms with van der Waals surface area (Å²) < 4.78 is 7.90. The molecule has 0 N–H and O–H groups in total. The molecule has 0 unspecified atom stereocenters. The van der Waals surface area contributed by atoms with Crippen molar-refractivity contribution in [1.82, 2.24) is 9.97 Å². The standard InChI is InChI=1S/C29H26GeN2O/c1-17-15-19-13-14-22-27(31-16-32-28(22)25(19)18(2)26(17)30(3,4)5)23-11-8-10-21-20-9-6-7-12-24(20)33-29(21)23/h6-16H,1-5H3. The molecule has 3 nitrogen and oxygen atoms in total. The van der Waals surface area contributed by atoms with Gasteiger partial charge in [0.05, 0.1) is 0 Å². The zero-order valence-corrected chi connectivity index (χ0v) is 21.8. The Morgan fingerprint density at radius 2 is 1.58 bits per heavy atom. The van der Waals surface area contributed by atoms with Gasteiger partial charge in [-0.25, -0.2) is 0 Å². The van der Waals surface area contributed by atoms with Gasteiger partial charge in [-0.2, -0.15) is 0 Å². The maximum absolute atomic E-state index is 6.32. The molecule has 162 valence electrons. The molecule has 4 heteroatoms. The van der Waals surface area contributed by atoms with Crippen LogP contribution in [0.15, 0.2) is 71.4 Å². The van der Waals surface area contributed by atoms with Crippen molar-refractivity contribution in [3.8, 4) is 11.3 Å². The van der Waals surface area contributed by atoms with Crippen molar-refractivity contribution in [1.29, 1.82) is 0 Å². The SMILES string of the molecule is Cc1cc2ccc3c(-c4cccc5c4oc4ccccc45)ncnc3c2c(C)[c]1[Ge]([CH3])([CH3])[CH3]. The van der Waals surface area contributed by atoms with Crippen molar-refractivity contribution in [3.05, 3.63) is 78.1 Å². The number of rotatable bonds is 2. The normalized spacial score (nSPS) is 12.4. The summed E-state index contributed by atoms with van der Waals surface area (Å²) in [6.07, 6.45) is 1.70. The van der Waals surface area contributed by atoms with Crippen LogP contribution in [0.2, 0.25) is 17.3 Å². The fraction of sp³-hybridized carbons (Fsp3) is 0.172. The molecular weight excluding hydrogens is 465 g/mol. The Labute approximate surface area is 195 Å². The molecule has 0 fully saturated rings. The van der Waals surface area contributed by atoms with E-state index in [1.54, 1.807) is 10.7 Å². The van der Waals surface area contributed by atoms with E-state index in [0.29, 0.717) is 0 Å². The van der Waals surface area contributed by atoms with E-state index >= 15 is 0 Å². The van der Waals surface area contributed by atoms with E-state index in [0.717, 1.165) is 44.1 Å².